The van der Waals surface area contributed by atoms with Crippen LogP contribution in [0, 0.1) is 0 Å². The number of anilines is 2. The summed E-state index contributed by atoms with van der Waals surface area (Å²) in [6, 6.07) is 6.74. The largest absolute Gasteiger partial charge is 0.493 e. The van der Waals surface area contributed by atoms with E-state index in [1.807, 2.05) is 0 Å². The normalized spacial score (nSPS) is 24.3. The summed E-state index contributed by atoms with van der Waals surface area (Å²) in [6.45, 7) is 0.121. The molecular formula is C22H18BrF4N3O4. The van der Waals surface area contributed by atoms with Gasteiger partial charge in [-0.05, 0) is 24.3 Å². The molecule has 12 heteroatoms. The van der Waals surface area contributed by atoms with Crippen molar-refractivity contribution in [3.63, 3.8) is 0 Å². The molecule has 0 bridgehead atoms. The van der Waals surface area contributed by atoms with Crippen molar-refractivity contribution in [3.05, 3.63) is 46.7 Å². The molecule has 1 aromatic heterocycles. The molecule has 2 fully saturated rings. The topological polar surface area (TPSA) is 74.7 Å². The van der Waals surface area contributed by atoms with Crippen LogP contribution in [0.15, 0.2) is 41.1 Å². The fourth-order valence-electron chi connectivity index (χ4n) is 4.06. The Morgan fingerprint density at radius 3 is 2.59 bits per heavy atom. The van der Waals surface area contributed by atoms with Gasteiger partial charge in [0.05, 0.1) is 31.4 Å². The maximum atomic E-state index is 13.9. The van der Waals surface area contributed by atoms with Crippen LogP contribution < -0.4 is 14.8 Å². The zero-order valence-electron chi connectivity index (χ0n) is 17.6. The van der Waals surface area contributed by atoms with Gasteiger partial charge in [0.15, 0.2) is 23.8 Å². The molecule has 0 aliphatic carbocycles. The van der Waals surface area contributed by atoms with Gasteiger partial charge in [-0.15, -0.1) is 0 Å². The smallest absolute Gasteiger partial charge is 0.416 e. The highest BCUT2D eigenvalue weighted by Gasteiger charge is 2.49. The molecule has 2 aromatic carbocycles. The summed E-state index contributed by atoms with van der Waals surface area (Å²) < 4.78 is 76.2. The van der Waals surface area contributed by atoms with Crippen LogP contribution in [0.4, 0.5) is 29.1 Å². The summed E-state index contributed by atoms with van der Waals surface area (Å²) in [5.74, 6) is 0.972. The van der Waals surface area contributed by atoms with Crippen molar-refractivity contribution in [3.8, 4) is 11.5 Å². The minimum Gasteiger partial charge on any atom is -0.493 e. The van der Waals surface area contributed by atoms with Crippen molar-refractivity contribution in [1.82, 2.24) is 9.97 Å². The van der Waals surface area contributed by atoms with Gasteiger partial charge in [0.1, 0.15) is 24.4 Å². The Morgan fingerprint density at radius 2 is 1.82 bits per heavy atom. The Labute approximate surface area is 199 Å². The van der Waals surface area contributed by atoms with Gasteiger partial charge in [0.25, 0.3) is 0 Å². The van der Waals surface area contributed by atoms with Crippen molar-refractivity contribution < 1.29 is 36.5 Å². The van der Waals surface area contributed by atoms with Crippen molar-refractivity contribution in [2.75, 3.05) is 25.6 Å². The molecule has 7 nitrogen and oxygen atoms in total. The molecule has 2 aliphatic rings. The predicted octanol–water partition coefficient (Wildman–Crippen LogP) is 5.05. The molecule has 0 amide bonds. The van der Waals surface area contributed by atoms with Crippen LogP contribution in [0.1, 0.15) is 5.56 Å². The highest BCUT2D eigenvalue weighted by Crippen LogP contribution is 2.39. The number of nitrogens with one attached hydrogen (secondary N) is 1. The van der Waals surface area contributed by atoms with E-state index in [0.717, 1.165) is 12.1 Å². The minimum atomic E-state index is -4.50. The van der Waals surface area contributed by atoms with Gasteiger partial charge in [0, 0.05) is 21.6 Å². The van der Waals surface area contributed by atoms with Crippen LogP contribution in [0.25, 0.3) is 10.9 Å². The van der Waals surface area contributed by atoms with Gasteiger partial charge in [-0.25, -0.2) is 14.4 Å². The average Bonchev–Trinajstić information content (AvgIpc) is 3.35. The number of nitrogens with zero attached hydrogens (tertiary/aromatic N) is 2. The van der Waals surface area contributed by atoms with E-state index in [1.165, 1.54) is 19.5 Å². The van der Waals surface area contributed by atoms with E-state index in [2.05, 4.69) is 31.2 Å². The number of rotatable bonds is 5. The van der Waals surface area contributed by atoms with Gasteiger partial charge < -0.3 is 24.3 Å². The quantitative estimate of drug-likeness (QED) is 0.451. The second kappa shape index (κ2) is 8.82. The summed E-state index contributed by atoms with van der Waals surface area (Å²) in [7, 11) is 1.45. The van der Waals surface area contributed by atoms with Crippen LogP contribution in [0.2, 0.25) is 0 Å². The lowest BCUT2D eigenvalue weighted by Crippen LogP contribution is -2.33. The van der Waals surface area contributed by atoms with Crippen molar-refractivity contribution in [2.24, 2.45) is 0 Å². The van der Waals surface area contributed by atoms with Gasteiger partial charge >= 0.3 is 6.18 Å². The summed E-state index contributed by atoms with van der Waals surface area (Å²) in [5.41, 5.74) is -0.155. The van der Waals surface area contributed by atoms with Crippen LogP contribution in [0.3, 0.4) is 0 Å². The van der Waals surface area contributed by atoms with Gasteiger partial charge in [0.2, 0.25) is 0 Å². The number of aromatic nitrogens is 2. The fourth-order valence-corrected chi connectivity index (χ4v) is 4.55. The molecule has 0 spiro atoms. The number of methoxy groups -OCH3 is 1. The van der Waals surface area contributed by atoms with Crippen LogP contribution >= 0.6 is 15.9 Å². The number of halogens is 5. The van der Waals surface area contributed by atoms with E-state index in [9.17, 15) is 17.6 Å². The Kier molecular flexibility index (Phi) is 5.98. The molecule has 3 heterocycles. The van der Waals surface area contributed by atoms with Crippen molar-refractivity contribution in [2.45, 2.75) is 30.7 Å². The van der Waals surface area contributed by atoms with Crippen molar-refractivity contribution in [1.29, 1.82) is 0 Å². The first-order valence-corrected chi connectivity index (χ1v) is 11.0. The van der Waals surface area contributed by atoms with E-state index in [4.69, 9.17) is 18.9 Å². The Hall–Kier alpha value is -2.70. The molecule has 4 atom stereocenters. The van der Waals surface area contributed by atoms with Crippen LogP contribution in [0.5, 0.6) is 11.5 Å². The molecule has 0 saturated carbocycles. The monoisotopic (exact) mass is 543 g/mol. The lowest BCUT2D eigenvalue weighted by Gasteiger charge is -2.20. The number of alkyl halides is 4. The third kappa shape index (κ3) is 4.37. The number of hydrogen-bond acceptors (Lipinski definition) is 7. The van der Waals surface area contributed by atoms with Crippen LogP contribution in [-0.2, 0) is 15.7 Å². The molecule has 3 aromatic rings. The number of fused-ring (bicyclic) bond motifs is 2. The van der Waals surface area contributed by atoms with Crippen molar-refractivity contribution >= 4 is 38.3 Å². The van der Waals surface area contributed by atoms with Crippen LogP contribution in [-0.4, -0.2) is 54.8 Å². The molecule has 180 valence electrons. The lowest BCUT2D eigenvalue weighted by molar-refractivity contribution is -0.137. The van der Waals surface area contributed by atoms with E-state index < -0.39 is 36.2 Å². The van der Waals surface area contributed by atoms with Gasteiger partial charge in [-0.3, -0.25) is 0 Å². The second-order valence-electron chi connectivity index (χ2n) is 7.86. The first-order valence-electron chi connectivity index (χ1n) is 10.2. The average molecular weight is 544 g/mol. The van der Waals surface area contributed by atoms with Gasteiger partial charge in [-0.2, -0.15) is 13.2 Å². The zero-order chi connectivity index (χ0) is 24.0. The first-order chi connectivity index (χ1) is 16.2. The number of ether oxygens (including phenoxy) is 4. The molecule has 0 radical (unpaired) electrons. The molecule has 1 N–H and O–H groups in total. The highest BCUT2D eigenvalue weighted by atomic mass is 79.9. The maximum absolute atomic E-state index is 13.9. The first kappa shape index (κ1) is 23.1. The second-order valence-corrected chi connectivity index (χ2v) is 8.78. The standard InChI is InChI=1S/C22H18BrF4N3O4/c1-31-16-5-13-15(6-17(16)34-18-8-33-19-14(24)7-32-20(18)19)28-9-29-21(13)30-12-3-10(22(25,26)27)2-11(23)4-12/h2-6,9,14,18-20H,7-8H2,1H3,(H,28,29,30)/t14-,18-,19+,20?/m1/s1. The Bertz CT molecular complexity index is 1230. The predicted molar refractivity (Wildman–Crippen MR) is 117 cm³/mol. The van der Waals surface area contributed by atoms with E-state index in [-0.39, 0.29) is 29.2 Å². The zero-order valence-corrected chi connectivity index (χ0v) is 19.2. The summed E-state index contributed by atoms with van der Waals surface area (Å²) >= 11 is 3.11. The summed E-state index contributed by atoms with van der Waals surface area (Å²) in [4.78, 5) is 8.44. The molecule has 34 heavy (non-hydrogen) atoms. The third-order valence-corrected chi connectivity index (χ3v) is 6.09. The van der Waals surface area contributed by atoms with E-state index in [0.29, 0.717) is 22.4 Å². The molecule has 1 unspecified atom stereocenters. The lowest BCUT2D eigenvalue weighted by atomic mass is 10.1. The molecule has 5 rings (SSSR count). The Balaban J connectivity index is 1.46. The minimum absolute atomic E-state index is 0.0437. The Morgan fingerprint density at radius 1 is 1.03 bits per heavy atom. The SMILES string of the molecule is COc1cc2c(Nc3cc(Br)cc(C(F)(F)F)c3)ncnc2cc1O[C@@H]1CO[C@@H]2C1OC[C@H]2F. The number of benzene rings is 2. The summed E-state index contributed by atoms with van der Waals surface area (Å²) in [5, 5.41) is 3.42. The van der Waals surface area contributed by atoms with E-state index >= 15 is 0 Å². The third-order valence-electron chi connectivity index (χ3n) is 5.63. The maximum Gasteiger partial charge on any atom is 0.416 e. The molecular weight excluding hydrogens is 526 g/mol. The molecule has 2 aliphatic heterocycles. The number of hydrogen-bond donors (Lipinski definition) is 1. The summed E-state index contributed by atoms with van der Waals surface area (Å²) in [6.07, 6.45) is -6.14. The fraction of sp³-hybridized carbons (Fsp3) is 0.364. The van der Waals surface area contributed by atoms with E-state index in [1.54, 1.807) is 12.1 Å². The van der Waals surface area contributed by atoms with Gasteiger partial charge in [-0.1, -0.05) is 15.9 Å². The molecule has 2 saturated heterocycles. The highest BCUT2D eigenvalue weighted by molar-refractivity contribution is 9.10.